The first-order valence-corrected chi connectivity index (χ1v) is 8.24. The molecule has 2 aliphatic rings. The zero-order valence-corrected chi connectivity index (χ0v) is 14.4. The van der Waals surface area contributed by atoms with Gasteiger partial charge in [0.2, 0.25) is 5.91 Å². The fraction of sp³-hybridized carbons (Fsp3) is 0.611. The summed E-state index contributed by atoms with van der Waals surface area (Å²) in [7, 11) is 0. The molecule has 4 heteroatoms. The molecule has 122 valence electrons. The number of nitrogens with one attached hydrogen (secondary N) is 1. The number of hydrogen-bond acceptors (Lipinski definition) is 2. The number of rotatable bonds is 2. The maximum atomic E-state index is 12.7. The second-order valence-electron chi connectivity index (χ2n) is 6.81. The first-order chi connectivity index (χ1) is 10.1. The molecule has 1 atom stereocenters. The SMILES string of the molecule is CC(C)C1CCN(C(=O)C2Cc3ccccc3CN2)CC1.Cl. The number of benzene rings is 1. The van der Waals surface area contributed by atoms with Crippen molar-refractivity contribution in [2.24, 2.45) is 11.8 Å². The van der Waals surface area contributed by atoms with E-state index in [1.54, 1.807) is 0 Å². The Balaban J connectivity index is 0.00000176. The number of piperidine rings is 1. The predicted molar refractivity (Wildman–Crippen MR) is 92.2 cm³/mol. The lowest BCUT2D eigenvalue weighted by molar-refractivity contribution is -0.135. The summed E-state index contributed by atoms with van der Waals surface area (Å²) in [5, 5.41) is 3.42. The summed E-state index contributed by atoms with van der Waals surface area (Å²) >= 11 is 0. The van der Waals surface area contributed by atoms with E-state index in [4.69, 9.17) is 0 Å². The molecule has 1 aromatic carbocycles. The van der Waals surface area contributed by atoms with E-state index in [0.29, 0.717) is 5.91 Å². The van der Waals surface area contributed by atoms with Crippen LogP contribution in [0.4, 0.5) is 0 Å². The van der Waals surface area contributed by atoms with Crippen LogP contribution < -0.4 is 5.32 Å². The molecule has 1 fully saturated rings. The molecule has 1 saturated heterocycles. The molecule has 2 aliphatic heterocycles. The third kappa shape index (κ3) is 3.64. The molecule has 1 amide bonds. The Morgan fingerprint density at radius 3 is 2.45 bits per heavy atom. The van der Waals surface area contributed by atoms with Crippen molar-refractivity contribution in [3.05, 3.63) is 35.4 Å². The highest BCUT2D eigenvalue weighted by molar-refractivity contribution is 5.85. The molecule has 0 radical (unpaired) electrons. The van der Waals surface area contributed by atoms with Gasteiger partial charge in [0.25, 0.3) is 0 Å². The number of fused-ring (bicyclic) bond motifs is 1. The van der Waals surface area contributed by atoms with Crippen LogP contribution in [-0.4, -0.2) is 29.9 Å². The fourth-order valence-corrected chi connectivity index (χ4v) is 3.64. The average Bonchev–Trinajstić information content (AvgIpc) is 2.54. The molecule has 3 rings (SSSR count). The normalized spacial score (nSPS) is 22.1. The first kappa shape index (κ1) is 17.3. The minimum Gasteiger partial charge on any atom is -0.341 e. The van der Waals surface area contributed by atoms with Gasteiger partial charge in [-0.15, -0.1) is 12.4 Å². The van der Waals surface area contributed by atoms with Crippen LogP contribution in [0.5, 0.6) is 0 Å². The smallest absolute Gasteiger partial charge is 0.240 e. The van der Waals surface area contributed by atoms with E-state index in [-0.39, 0.29) is 18.4 Å². The van der Waals surface area contributed by atoms with Crippen molar-refractivity contribution in [2.75, 3.05) is 13.1 Å². The third-order valence-corrected chi connectivity index (χ3v) is 5.17. The number of nitrogens with zero attached hydrogens (tertiary/aromatic N) is 1. The van der Waals surface area contributed by atoms with Gasteiger partial charge >= 0.3 is 0 Å². The van der Waals surface area contributed by atoms with E-state index in [2.05, 4.69) is 48.3 Å². The monoisotopic (exact) mass is 322 g/mol. The molecule has 2 heterocycles. The molecule has 22 heavy (non-hydrogen) atoms. The van der Waals surface area contributed by atoms with Gasteiger partial charge in [-0.1, -0.05) is 38.1 Å². The number of amides is 1. The lowest BCUT2D eigenvalue weighted by Crippen LogP contribution is -2.51. The second-order valence-corrected chi connectivity index (χ2v) is 6.81. The summed E-state index contributed by atoms with van der Waals surface area (Å²) in [6, 6.07) is 8.41. The lowest BCUT2D eigenvalue weighted by atomic mass is 9.86. The zero-order valence-electron chi connectivity index (χ0n) is 13.5. The van der Waals surface area contributed by atoms with E-state index < -0.39 is 0 Å². The van der Waals surface area contributed by atoms with Crippen LogP contribution in [0.25, 0.3) is 0 Å². The number of hydrogen-bond donors (Lipinski definition) is 1. The van der Waals surface area contributed by atoms with E-state index in [0.717, 1.165) is 50.7 Å². The van der Waals surface area contributed by atoms with Gasteiger partial charge in [-0.25, -0.2) is 0 Å². The van der Waals surface area contributed by atoms with Crippen LogP contribution in [0, 0.1) is 11.8 Å². The van der Waals surface area contributed by atoms with Crippen molar-refractivity contribution in [3.8, 4) is 0 Å². The van der Waals surface area contributed by atoms with Gasteiger partial charge in [-0.2, -0.15) is 0 Å². The Labute approximate surface area is 139 Å². The highest BCUT2D eigenvalue weighted by Gasteiger charge is 2.30. The predicted octanol–water partition coefficient (Wildman–Crippen LogP) is 3.02. The number of likely N-dealkylation sites (tertiary alicyclic amines) is 1. The Morgan fingerprint density at radius 1 is 1.18 bits per heavy atom. The Bertz CT molecular complexity index is 510. The highest BCUT2D eigenvalue weighted by atomic mass is 35.5. The van der Waals surface area contributed by atoms with Crippen LogP contribution in [-0.2, 0) is 17.8 Å². The minimum atomic E-state index is -0.0319. The maximum absolute atomic E-state index is 12.7. The number of halogens is 1. The van der Waals surface area contributed by atoms with Gasteiger partial charge in [0.15, 0.2) is 0 Å². The molecular formula is C18H27ClN2O. The summed E-state index contributed by atoms with van der Waals surface area (Å²) in [6.45, 7) is 7.27. The van der Waals surface area contributed by atoms with Gasteiger partial charge in [0, 0.05) is 19.6 Å². The summed E-state index contributed by atoms with van der Waals surface area (Å²) in [4.78, 5) is 14.8. The standard InChI is InChI=1S/C18H26N2O.ClH/c1-13(2)14-7-9-20(10-8-14)18(21)17-11-15-5-3-4-6-16(15)12-19-17;/h3-6,13-14,17,19H,7-12H2,1-2H3;1H. The summed E-state index contributed by atoms with van der Waals surface area (Å²) in [5.41, 5.74) is 2.66. The van der Waals surface area contributed by atoms with Crippen LogP contribution in [0.3, 0.4) is 0 Å². The third-order valence-electron chi connectivity index (χ3n) is 5.17. The fourth-order valence-electron chi connectivity index (χ4n) is 3.64. The Morgan fingerprint density at radius 2 is 1.82 bits per heavy atom. The largest absolute Gasteiger partial charge is 0.341 e. The molecule has 0 bridgehead atoms. The van der Waals surface area contributed by atoms with Gasteiger partial charge in [0.05, 0.1) is 6.04 Å². The van der Waals surface area contributed by atoms with Crippen molar-refractivity contribution in [3.63, 3.8) is 0 Å². The molecule has 0 spiro atoms. The quantitative estimate of drug-likeness (QED) is 0.907. The Kier molecular flexibility index (Phi) is 5.87. The molecule has 0 aliphatic carbocycles. The maximum Gasteiger partial charge on any atom is 0.240 e. The van der Waals surface area contributed by atoms with Crippen molar-refractivity contribution < 1.29 is 4.79 Å². The molecule has 1 aromatic rings. The van der Waals surface area contributed by atoms with Crippen LogP contribution in [0.1, 0.15) is 37.8 Å². The zero-order chi connectivity index (χ0) is 14.8. The van der Waals surface area contributed by atoms with E-state index in [1.165, 1.54) is 11.1 Å². The van der Waals surface area contributed by atoms with Gasteiger partial charge < -0.3 is 10.2 Å². The molecule has 1 N–H and O–H groups in total. The topological polar surface area (TPSA) is 32.3 Å². The number of carbonyl (C=O) groups excluding carboxylic acids is 1. The lowest BCUT2D eigenvalue weighted by Gasteiger charge is -2.37. The first-order valence-electron chi connectivity index (χ1n) is 8.24. The minimum absolute atomic E-state index is 0. The van der Waals surface area contributed by atoms with Crippen LogP contribution in [0.2, 0.25) is 0 Å². The van der Waals surface area contributed by atoms with Crippen molar-refractivity contribution in [1.82, 2.24) is 10.2 Å². The van der Waals surface area contributed by atoms with Crippen molar-refractivity contribution >= 4 is 18.3 Å². The number of carbonyl (C=O) groups is 1. The molecule has 1 unspecified atom stereocenters. The summed E-state index contributed by atoms with van der Waals surface area (Å²) in [5.74, 6) is 1.82. The average molecular weight is 323 g/mol. The van der Waals surface area contributed by atoms with E-state index >= 15 is 0 Å². The summed E-state index contributed by atoms with van der Waals surface area (Å²) in [6.07, 6.45) is 3.15. The van der Waals surface area contributed by atoms with Crippen LogP contribution >= 0.6 is 12.4 Å². The van der Waals surface area contributed by atoms with Gasteiger partial charge in [-0.05, 0) is 42.2 Å². The Hall–Kier alpha value is -1.06. The molecule has 0 aromatic heterocycles. The molecule has 0 saturated carbocycles. The highest BCUT2D eigenvalue weighted by Crippen LogP contribution is 2.25. The second kappa shape index (κ2) is 7.47. The van der Waals surface area contributed by atoms with Crippen molar-refractivity contribution in [2.45, 2.75) is 45.7 Å². The van der Waals surface area contributed by atoms with Crippen molar-refractivity contribution in [1.29, 1.82) is 0 Å². The van der Waals surface area contributed by atoms with E-state index in [1.807, 2.05) is 0 Å². The summed E-state index contributed by atoms with van der Waals surface area (Å²) < 4.78 is 0. The van der Waals surface area contributed by atoms with Crippen LogP contribution in [0.15, 0.2) is 24.3 Å². The molecule has 3 nitrogen and oxygen atoms in total. The molecular weight excluding hydrogens is 296 g/mol. The van der Waals surface area contributed by atoms with E-state index in [9.17, 15) is 4.79 Å². The van der Waals surface area contributed by atoms with Gasteiger partial charge in [0.1, 0.15) is 0 Å². The van der Waals surface area contributed by atoms with Gasteiger partial charge in [-0.3, -0.25) is 4.79 Å².